The van der Waals surface area contributed by atoms with Gasteiger partial charge in [-0.05, 0) is 54.7 Å². The summed E-state index contributed by atoms with van der Waals surface area (Å²) >= 11 is 3.57. The predicted octanol–water partition coefficient (Wildman–Crippen LogP) is 3.12. The first-order valence-corrected chi connectivity index (χ1v) is 8.96. The SMILES string of the molecule is Cc1ncsc1CN(Cc1ccsc1)CC1CCNC1. The summed E-state index contributed by atoms with van der Waals surface area (Å²) in [5.41, 5.74) is 4.59. The predicted molar refractivity (Wildman–Crippen MR) is 86.3 cm³/mol. The summed E-state index contributed by atoms with van der Waals surface area (Å²) in [5, 5.41) is 7.91. The van der Waals surface area contributed by atoms with Gasteiger partial charge in [0.25, 0.3) is 0 Å². The van der Waals surface area contributed by atoms with Crippen molar-refractivity contribution in [3.05, 3.63) is 38.5 Å². The number of nitrogens with zero attached hydrogens (tertiary/aromatic N) is 2. The molecular weight excluding hydrogens is 286 g/mol. The van der Waals surface area contributed by atoms with Crippen molar-refractivity contribution in [2.75, 3.05) is 19.6 Å². The molecule has 3 nitrogen and oxygen atoms in total. The molecule has 1 saturated heterocycles. The highest BCUT2D eigenvalue weighted by molar-refractivity contribution is 7.09. The highest BCUT2D eigenvalue weighted by atomic mass is 32.1. The summed E-state index contributed by atoms with van der Waals surface area (Å²) in [6, 6.07) is 2.24. The van der Waals surface area contributed by atoms with Gasteiger partial charge in [0.05, 0.1) is 11.2 Å². The van der Waals surface area contributed by atoms with E-state index in [0.29, 0.717) is 0 Å². The van der Waals surface area contributed by atoms with E-state index in [1.807, 2.05) is 5.51 Å². The minimum absolute atomic E-state index is 0.793. The van der Waals surface area contributed by atoms with Crippen LogP contribution in [0.4, 0.5) is 0 Å². The standard InChI is InChI=1S/C15H21N3S2/c1-12-15(20-11-17-12)9-18(7-13-2-4-16-6-13)8-14-3-5-19-10-14/h3,5,10-11,13,16H,2,4,6-9H2,1H3. The van der Waals surface area contributed by atoms with Crippen LogP contribution in [-0.2, 0) is 13.1 Å². The van der Waals surface area contributed by atoms with Gasteiger partial charge in [0, 0.05) is 24.5 Å². The number of nitrogens with one attached hydrogen (secondary N) is 1. The van der Waals surface area contributed by atoms with Crippen molar-refractivity contribution >= 4 is 22.7 Å². The van der Waals surface area contributed by atoms with Gasteiger partial charge in [-0.1, -0.05) is 0 Å². The maximum absolute atomic E-state index is 4.38. The molecule has 2 aromatic heterocycles. The molecular formula is C15H21N3S2. The van der Waals surface area contributed by atoms with Crippen LogP contribution in [0.15, 0.2) is 22.3 Å². The van der Waals surface area contributed by atoms with Crippen LogP contribution in [0.1, 0.15) is 22.6 Å². The second-order valence-electron chi connectivity index (χ2n) is 5.52. The first-order chi connectivity index (χ1) is 9.81. The average Bonchev–Trinajstić information content (AvgIpc) is 3.15. The van der Waals surface area contributed by atoms with Crippen LogP contribution >= 0.6 is 22.7 Å². The molecule has 0 saturated carbocycles. The molecule has 0 radical (unpaired) electrons. The number of hydrogen-bond donors (Lipinski definition) is 1. The highest BCUT2D eigenvalue weighted by Gasteiger charge is 2.19. The lowest BCUT2D eigenvalue weighted by molar-refractivity contribution is 0.222. The fourth-order valence-electron chi connectivity index (χ4n) is 2.74. The molecule has 0 aromatic carbocycles. The molecule has 20 heavy (non-hydrogen) atoms. The molecule has 3 heterocycles. The van der Waals surface area contributed by atoms with E-state index in [4.69, 9.17) is 0 Å². The summed E-state index contributed by atoms with van der Waals surface area (Å²) in [4.78, 5) is 8.37. The molecule has 0 aliphatic carbocycles. The third-order valence-electron chi connectivity index (χ3n) is 3.88. The molecule has 0 bridgehead atoms. The van der Waals surface area contributed by atoms with E-state index in [0.717, 1.165) is 19.0 Å². The molecule has 1 fully saturated rings. The molecule has 5 heteroatoms. The van der Waals surface area contributed by atoms with Crippen molar-refractivity contribution in [2.24, 2.45) is 5.92 Å². The maximum atomic E-state index is 4.38. The van der Waals surface area contributed by atoms with Crippen molar-refractivity contribution < 1.29 is 0 Å². The van der Waals surface area contributed by atoms with E-state index in [2.05, 4.69) is 39.0 Å². The quantitative estimate of drug-likeness (QED) is 0.889. The Kier molecular flexibility index (Phi) is 4.83. The zero-order chi connectivity index (χ0) is 13.8. The minimum atomic E-state index is 0.793. The van der Waals surface area contributed by atoms with Crippen LogP contribution in [0.3, 0.4) is 0 Å². The molecule has 2 aromatic rings. The van der Waals surface area contributed by atoms with E-state index < -0.39 is 0 Å². The van der Waals surface area contributed by atoms with Crippen molar-refractivity contribution in [2.45, 2.75) is 26.4 Å². The zero-order valence-electron chi connectivity index (χ0n) is 11.8. The van der Waals surface area contributed by atoms with Crippen molar-refractivity contribution in [1.82, 2.24) is 15.2 Å². The third-order valence-corrected chi connectivity index (χ3v) is 5.53. The van der Waals surface area contributed by atoms with Crippen LogP contribution in [-0.4, -0.2) is 29.5 Å². The third kappa shape index (κ3) is 3.67. The van der Waals surface area contributed by atoms with E-state index in [1.165, 1.54) is 42.2 Å². The highest BCUT2D eigenvalue weighted by Crippen LogP contribution is 2.20. The van der Waals surface area contributed by atoms with Gasteiger partial charge in [0.2, 0.25) is 0 Å². The van der Waals surface area contributed by atoms with Crippen molar-refractivity contribution in [3.63, 3.8) is 0 Å². The van der Waals surface area contributed by atoms with E-state index in [-0.39, 0.29) is 0 Å². The number of thiazole rings is 1. The van der Waals surface area contributed by atoms with Gasteiger partial charge in [-0.3, -0.25) is 4.90 Å². The number of rotatable bonds is 6. The first-order valence-electron chi connectivity index (χ1n) is 7.14. The monoisotopic (exact) mass is 307 g/mol. The van der Waals surface area contributed by atoms with Crippen molar-refractivity contribution in [1.29, 1.82) is 0 Å². The van der Waals surface area contributed by atoms with Gasteiger partial charge in [0.15, 0.2) is 0 Å². The largest absolute Gasteiger partial charge is 0.316 e. The lowest BCUT2D eigenvalue weighted by atomic mass is 10.1. The van der Waals surface area contributed by atoms with Gasteiger partial charge in [-0.15, -0.1) is 11.3 Å². The number of hydrogen-bond acceptors (Lipinski definition) is 5. The zero-order valence-corrected chi connectivity index (χ0v) is 13.5. The molecule has 3 rings (SSSR count). The molecule has 1 N–H and O–H groups in total. The summed E-state index contributed by atoms with van der Waals surface area (Å²) in [5.74, 6) is 0.793. The Hall–Kier alpha value is -0.750. The molecule has 0 amide bonds. The first kappa shape index (κ1) is 14.2. The molecule has 1 atom stereocenters. The second kappa shape index (κ2) is 6.80. The maximum Gasteiger partial charge on any atom is 0.0798 e. The Balaban J connectivity index is 1.67. The van der Waals surface area contributed by atoms with Gasteiger partial charge >= 0.3 is 0 Å². The Bertz CT molecular complexity index is 515. The fraction of sp³-hybridized carbons (Fsp3) is 0.533. The Morgan fingerprint density at radius 1 is 1.45 bits per heavy atom. The number of aromatic nitrogens is 1. The molecule has 108 valence electrons. The number of aryl methyl sites for hydroxylation is 1. The Morgan fingerprint density at radius 2 is 2.40 bits per heavy atom. The van der Waals surface area contributed by atoms with Crippen LogP contribution in [0.2, 0.25) is 0 Å². The molecule has 1 unspecified atom stereocenters. The lowest BCUT2D eigenvalue weighted by Crippen LogP contribution is -2.29. The normalized spacial score (nSPS) is 19.0. The van der Waals surface area contributed by atoms with Crippen LogP contribution in [0, 0.1) is 12.8 Å². The minimum Gasteiger partial charge on any atom is -0.316 e. The summed E-state index contributed by atoms with van der Waals surface area (Å²) in [7, 11) is 0. The van der Waals surface area contributed by atoms with E-state index in [9.17, 15) is 0 Å². The Morgan fingerprint density at radius 3 is 3.05 bits per heavy atom. The van der Waals surface area contributed by atoms with Crippen LogP contribution in [0.5, 0.6) is 0 Å². The van der Waals surface area contributed by atoms with E-state index in [1.54, 1.807) is 22.7 Å². The topological polar surface area (TPSA) is 28.2 Å². The molecule has 1 aliphatic rings. The van der Waals surface area contributed by atoms with Crippen LogP contribution in [0.25, 0.3) is 0 Å². The summed E-state index contributed by atoms with van der Waals surface area (Å²) < 4.78 is 0. The lowest BCUT2D eigenvalue weighted by Gasteiger charge is -2.24. The number of thiophene rings is 1. The van der Waals surface area contributed by atoms with Gasteiger partial charge < -0.3 is 5.32 Å². The van der Waals surface area contributed by atoms with Crippen LogP contribution < -0.4 is 5.32 Å². The average molecular weight is 307 g/mol. The second-order valence-corrected chi connectivity index (χ2v) is 7.24. The van der Waals surface area contributed by atoms with Crippen molar-refractivity contribution in [3.8, 4) is 0 Å². The van der Waals surface area contributed by atoms with Gasteiger partial charge in [-0.25, -0.2) is 4.98 Å². The van der Waals surface area contributed by atoms with E-state index >= 15 is 0 Å². The van der Waals surface area contributed by atoms with Gasteiger partial charge in [-0.2, -0.15) is 11.3 Å². The summed E-state index contributed by atoms with van der Waals surface area (Å²) in [6.07, 6.45) is 1.31. The Labute approximate surface area is 128 Å². The molecule has 1 aliphatic heterocycles. The summed E-state index contributed by atoms with van der Waals surface area (Å²) in [6.45, 7) is 7.73. The molecule has 0 spiro atoms. The smallest absolute Gasteiger partial charge is 0.0798 e. The fourth-order valence-corrected chi connectivity index (χ4v) is 4.22. The van der Waals surface area contributed by atoms with Gasteiger partial charge in [0.1, 0.15) is 0 Å².